The number of benzene rings is 9. The van der Waals surface area contributed by atoms with Gasteiger partial charge in [0.25, 0.3) is 0 Å². The van der Waals surface area contributed by atoms with Crippen molar-refractivity contribution in [2.75, 3.05) is 0 Å². The first-order valence-corrected chi connectivity index (χ1v) is 20.4. The molecule has 12 rings (SSSR count). The van der Waals surface area contributed by atoms with Gasteiger partial charge in [0.1, 0.15) is 0 Å². The molecule has 0 N–H and O–H groups in total. The average Bonchev–Trinajstić information content (AvgIpc) is 3.67. The zero-order valence-corrected chi connectivity index (χ0v) is 32.8. The minimum absolute atomic E-state index is 0.630. The molecular weight excluding hydrogens is 745 g/mol. The molecule has 12 aromatic rings. The van der Waals surface area contributed by atoms with Crippen molar-refractivity contribution in [3.05, 3.63) is 207 Å². The maximum Gasteiger partial charge on any atom is 0.164 e. The molecule has 0 spiro atoms. The molecule has 3 heterocycles. The Bertz CT molecular complexity index is 3590. The number of hydrogen-bond acceptors (Lipinski definition) is 5. The molecular formula is C55H34N6. The number of rotatable bonds is 6. The van der Waals surface area contributed by atoms with Crippen LogP contribution in [0.15, 0.2) is 207 Å². The van der Waals surface area contributed by atoms with Crippen LogP contribution in [0.4, 0.5) is 0 Å². The molecule has 0 saturated carbocycles. The van der Waals surface area contributed by atoms with Crippen LogP contribution >= 0.6 is 0 Å². The Balaban J connectivity index is 0.966. The van der Waals surface area contributed by atoms with E-state index in [1.165, 1.54) is 21.5 Å². The number of hydrogen-bond donors (Lipinski definition) is 0. The van der Waals surface area contributed by atoms with Crippen LogP contribution in [0.3, 0.4) is 0 Å². The monoisotopic (exact) mass is 778 g/mol. The van der Waals surface area contributed by atoms with E-state index in [0.717, 1.165) is 77.5 Å². The second kappa shape index (κ2) is 14.2. The van der Waals surface area contributed by atoms with E-state index >= 15 is 0 Å². The summed E-state index contributed by atoms with van der Waals surface area (Å²) in [5, 5.41) is 6.97. The number of nitrogens with zero attached hydrogens (tertiary/aromatic N) is 6. The lowest BCUT2D eigenvalue weighted by molar-refractivity contribution is 1.07. The van der Waals surface area contributed by atoms with E-state index in [-0.39, 0.29) is 0 Å². The maximum atomic E-state index is 4.99. The minimum Gasteiger partial charge on any atom is -0.309 e. The molecule has 0 bridgehead atoms. The Kier molecular flexibility index (Phi) is 8.06. The van der Waals surface area contributed by atoms with Gasteiger partial charge in [-0.3, -0.25) is 9.97 Å². The van der Waals surface area contributed by atoms with E-state index in [9.17, 15) is 0 Å². The molecule has 0 aliphatic carbocycles. The number of aromatic nitrogens is 6. The van der Waals surface area contributed by atoms with Crippen molar-refractivity contribution in [1.29, 1.82) is 0 Å². The minimum atomic E-state index is 0.630. The summed E-state index contributed by atoms with van der Waals surface area (Å²) in [6.45, 7) is 0. The Morgan fingerprint density at radius 1 is 0.279 bits per heavy atom. The number of para-hydroxylation sites is 1. The highest BCUT2D eigenvalue weighted by molar-refractivity contribution is 6.27. The summed E-state index contributed by atoms with van der Waals surface area (Å²) in [6, 6.07) is 68.1. The summed E-state index contributed by atoms with van der Waals surface area (Å²) in [5.41, 5.74) is 12.4. The highest BCUT2D eigenvalue weighted by Crippen LogP contribution is 2.40. The van der Waals surface area contributed by atoms with Gasteiger partial charge in [-0.05, 0) is 75.5 Å². The highest BCUT2D eigenvalue weighted by atomic mass is 15.0. The first kappa shape index (κ1) is 34.7. The van der Waals surface area contributed by atoms with Crippen molar-refractivity contribution < 1.29 is 0 Å². The third-order valence-electron chi connectivity index (χ3n) is 11.7. The lowest BCUT2D eigenvalue weighted by atomic mass is 9.97. The van der Waals surface area contributed by atoms with Gasteiger partial charge in [-0.15, -0.1) is 0 Å². The fourth-order valence-electron chi connectivity index (χ4n) is 8.85. The molecule has 6 heteroatoms. The fourth-order valence-corrected chi connectivity index (χ4v) is 8.85. The normalized spacial score (nSPS) is 11.6. The van der Waals surface area contributed by atoms with Crippen molar-refractivity contribution in [1.82, 2.24) is 29.5 Å². The van der Waals surface area contributed by atoms with Gasteiger partial charge in [0.15, 0.2) is 17.5 Å². The van der Waals surface area contributed by atoms with Crippen LogP contribution in [0.25, 0.3) is 116 Å². The van der Waals surface area contributed by atoms with E-state index in [1.54, 1.807) is 12.4 Å². The van der Waals surface area contributed by atoms with Crippen molar-refractivity contribution >= 4 is 54.4 Å². The number of fused-ring (bicyclic) bond motifs is 9. The van der Waals surface area contributed by atoms with E-state index in [1.807, 2.05) is 60.7 Å². The predicted octanol–water partition coefficient (Wildman–Crippen LogP) is 13.6. The first-order chi connectivity index (χ1) is 30.2. The van der Waals surface area contributed by atoms with E-state index in [0.29, 0.717) is 17.5 Å². The van der Waals surface area contributed by atoms with Crippen LogP contribution in [0.5, 0.6) is 0 Å². The summed E-state index contributed by atoms with van der Waals surface area (Å²) in [7, 11) is 0. The van der Waals surface area contributed by atoms with Gasteiger partial charge in [0.05, 0.1) is 22.1 Å². The zero-order chi connectivity index (χ0) is 40.3. The summed E-state index contributed by atoms with van der Waals surface area (Å²) in [6.07, 6.45) is 3.58. The summed E-state index contributed by atoms with van der Waals surface area (Å²) in [4.78, 5) is 24.6. The summed E-state index contributed by atoms with van der Waals surface area (Å²) in [5.74, 6) is 1.91. The van der Waals surface area contributed by atoms with Gasteiger partial charge >= 0.3 is 0 Å². The topological polar surface area (TPSA) is 69.4 Å². The molecule has 0 aliphatic heterocycles. The first-order valence-electron chi connectivity index (χ1n) is 20.4. The molecule has 0 amide bonds. The molecule has 61 heavy (non-hydrogen) atoms. The van der Waals surface area contributed by atoms with Crippen LogP contribution in [-0.4, -0.2) is 29.5 Å². The van der Waals surface area contributed by atoms with Crippen LogP contribution in [0, 0.1) is 0 Å². The van der Waals surface area contributed by atoms with Crippen molar-refractivity contribution in [3.63, 3.8) is 0 Å². The van der Waals surface area contributed by atoms with Crippen molar-refractivity contribution in [2.45, 2.75) is 0 Å². The van der Waals surface area contributed by atoms with Crippen LogP contribution in [0.1, 0.15) is 0 Å². The molecule has 0 saturated heterocycles. The third-order valence-corrected chi connectivity index (χ3v) is 11.7. The predicted molar refractivity (Wildman–Crippen MR) is 249 cm³/mol. The quantitative estimate of drug-likeness (QED) is 0.157. The largest absolute Gasteiger partial charge is 0.309 e. The van der Waals surface area contributed by atoms with Crippen molar-refractivity contribution in [2.24, 2.45) is 0 Å². The average molecular weight is 779 g/mol. The molecule has 9 aromatic carbocycles. The van der Waals surface area contributed by atoms with Crippen molar-refractivity contribution in [3.8, 4) is 62.1 Å². The van der Waals surface area contributed by atoms with E-state index in [4.69, 9.17) is 24.9 Å². The Morgan fingerprint density at radius 3 is 1.41 bits per heavy atom. The van der Waals surface area contributed by atoms with E-state index < -0.39 is 0 Å². The molecule has 0 radical (unpaired) electrons. The molecule has 0 aliphatic rings. The Hall–Kier alpha value is -8.35. The second-order valence-corrected chi connectivity index (χ2v) is 15.3. The Labute approximate surface area is 351 Å². The lowest BCUT2D eigenvalue weighted by Crippen LogP contribution is -2.00. The summed E-state index contributed by atoms with van der Waals surface area (Å²) >= 11 is 0. The van der Waals surface area contributed by atoms with Gasteiger partial charge in [-0.1, -0.05) is 152 Å². The summed E-state index contributed by atoms with van der Waals surface area (Å²) < 4.78 is 2.39. The van der Waals surface area contributed by atoms with Gasteiger partial charge in [-0.25, -0.2) is 15.0 Å². The molecule has 0 unspecified atom stereocenters. The molecule has 0 fully saturated rings. The second-order valence-electron chi connectivity index (χ2n) is 15.3. The van der Waals surface area contributed by atoms with Gasteiger partial charge in [0, 0.05) is 56.3 Å². The molecule has 3 aromatic heterocycles. The fraction of sp³-hybridized carbons (Fsp3) is 0. The third kappa shape index (κ3) is 5.92. The van der Waals surface area contributed by atoms with Crippen LogP contribution < -0.4 is 0 Å². The standard InChI is InChI=1S/C55H34N6/c1-3-14-35(15-4-1)53-58-54(36-16-5-2-6-17-36)60-55(59-53)41-22-12-20-39(31-41)37-18-11-19-38(30-37)40-21-13-23-42(32-40)61-49-27-10-9-25-44(49)47-33-46-43-24-7-8-26-45(43)51-52(57-29-28-56-51)48(46)34-50(47)61/h1-34H. The maximum absolute atomic E-state index is 4.99. The van der Waals surface area contributed by atoms with Crippen LogP contribution in [-0.2, 0) is 0 Å². The van der Waals surface area contributed by atoms with Gasteiger partial charge in [0.2, 0.25) is 0 Å². The van der Waals surface area contributed by atoms with Crippen LogP contribution in [0.2, 0.25) is 0 Å². The smallest absolute Gasteiger partial charge is 0.164 e. The van der Waals surface area contributed by atoms with Gasteiger partial charge < -0.3 is 4.57 Å². The molecule has 284 valence electrons. The Morgan fingerprint density at radius 2 is 0.754 bits per heavy atom. The zero-order valence-electron chi connectivity index (χ0n) is 32.8. The molecule has 0 atom stereocenters. The lowest BCUT2D eigenvalue weighted by Gasteiger charge is -2.13. The molecule has 6 nitrogen and oxygen atoms in total. The van der Waals surface area contributed by atoms with E-state index in [2.05, 4.69) is 138 Å². The van der Waals surface area contributed by atoms with Gasteiger partial charge in [-0.2, -0.15) is 0 Å². The highest BCUT2D eigenvalue weighted by Gasteiger charge is 2.18. The SMILES string of the molecule is c1ccc(-c2nc(-c3ccccc3)nc(-c3cccc(-c4cccc(-c5cccc(-n6c7ccccc7c7cc8c9ccccc9c9nccnc9c8cc76)c5)c4)c3)n2)cc1.